The Hall–Kier alpha value is -2.32. The monoisotopic (exact) mass is 396 g/mol. The van der Waals surface area contributed by atoms with Crippen LogP contribution in [0.3, 0.4) is 0 Å². The van der Waals surface area contributed by atoms with Gasteiger partial charge in [-0.3, -0.25) is 0 Å². The molecule has 0 bridgehead atoms. The summed E-state index contributed by atoms with van der Waals surface area (Å²) >= 11 is 1.23. The number of aliphatic hydroxyl groups excluding tert-OH is 1. The van der Waals surface area contributed by atoms with Crippen LogP contribution in [0, 0.1) is 5.82 Å². The SMILES string of the molecule is OCc1cnc(SCc2cccc(C(F)(F)F)c2)n1Cc1ccccc1F. The Morgan fingerprint density at radius 1 is 1.07 bits per heavy atom. The quantitative estimate of drug-likeness (QED) is 0.477. The van der Waals surface area contributed by atoms with Gasteiger partial charge < -0.3 is 9.67 Å². The molecule has 0 aliphatic carbocycles. The van der Waals surface area contributed by atoms with E-state index in [0.29, 0.717) is 22.0 Å². The van der Waals surface area contributed by atoms with Gasteiger partial charge in [-0.1, -0.05) is 48.2 Å². The van der Waals surface area contributed by atoms with E-state index in [1.54, 1.807) is 28.8 Å². The molecule has 0 unspecified atom stereocenters. The predicted molar refractivity (Wildman–Crippen MR) is 94.7 cm³/mol. The first-order chi connectivity index (χ1) is 12.9. The molecule has 8 heteroatoms. The topological polar surface area (TPSA) is 38.1 Å². The van der Waals surface area contributed by atoms with Crippen molar-refractivity contribution in [2.75, 3.05) is 0 Å². The third-order valence-electron chi connectivity index (χ3n) is 3.97. The minimum Gasteiger partial charge on any atom is -0.390 e. The highest BCUT2D eigenvalue weighted by atomic mass is 32.2. The number of hydrogen-bond donors (Lipinski definition) is 1. The van der Waals surface area contributed by atoms with Crippen LogP contribution in [-0.2, 0) is 25.1 Å². The largest absolute Gasteiger partial charge is 0.416 e. The van der Waals surface area contributed by atoms with Crippen LogP contribution >= 0.6 is 11.8 Å². The minimum atomic E-state index is -4.39. The summed E-state index contributed by atoms with van der Waals surface area (Å²) in [6.07, 6.45) is -2.91. The zero-order chi connectivity index (χ0) is 19.4. The van der Waals surface area contributed by atoms with Crippen molar-refractivity contribution >= 4 is 11.8 Å². The molecule has 0 spiro atoms. The molecule has 0 aliphatic rings. The number of benzene rings is 2. The minimum absolute atomic E-state index is 0.174. The van der Waals surface area contributed by atoms with Crippen molar-refractivity contribution < 1.29 is 22.7 Å². The fraction of sp³-hybridized carbons (Fsp3) is 0.211. The molecule has 142 valence electrons. The van der Waals surface area contributed by atoms with Crippen LogP contribution in [0.1, 0.15) is 22.4 Å². The number of hydrogen-bond acceptors (Lipinski definition) is 3. The van der Waals surface area contributed by atoms with Crippen molar-refractivity contribution in [3.8, 4) is 0 Å². The molecule has 2 aromatic carbocycles. The maximum Gasteiger partial charge on any atom is 0.416 e. The summed E-state index contributed by atoms with van der Waals surface area (Å²) in [6.45, 7) is -0.0982. The first-order valence-corrected chi connectivity index (χ1v) is 9.04. The molecule has 0 saturated heterocycles. The van der Waals surface area contributed by atoms with Gasteiger partial charge in [0.05, 0.1) is 30.6 Å². The van der Waals surface area contributed by atoms with E-state index in [1.807, 2.05) is 0 Å². The van der Waals surface area contributed by atoms with E-state index in [9.17, 15) is 22.7 Å². The van der Waals surface area contributed by atoms with E-state index in [0.717, 1.165) is 12.1 Å². The van der Waals surface area contributed by atoms with Gasteiger partial charge in [0, 0.05) is 11.3 Å². The second-order valence-corrected chi connectivity index (χ2v) is 6.80. The highest BCUT2D eigenvalue weighted by Gasteiger charge is 2.30. The van der Waals surface area contributed by atoms with Crippen molar-refractivity contribution in [1.82, 2.24) is 9.55 Å². The molecule has 0 radical (unpaired) electrons. The fourth-order valence-corrected chi connectivity index (χ4v) is 3.53. The average Bonchev–Trinajstić information content (AvgIpc) is 3.03. The Bertz CT molecular complexity index is 924. The van der Waals surface area contributed by atoms with Gasteiger partial charge in [-0.2, -0.15) is 13.2 Å². The number of thioether (sulfide) groups is 1. The lowest BCUT2D eigenvalue weighted by atomic mass is 10.1. The maximum atomic E-state index is 13.9. The number of nitrogens with zero attached hydrogens (tertiary/aromatic N) is 2. The number of imidazole rings is 1. The lowest BCUT2D eigenvalue weighted by Crippen LogP contribution is -2.08. The van der Waals surface area contributed by atoms with Gasteiger partial charge in [0.2, 0.25) is 0 Å². The van der Waals surface area contributed by atoms with E-state index in [2.05, 4.69) is 4.98 Å². The lowest BCUT2D eigenvalue weighted by Gasteiger charge is -2.12. The van der Waals surface area contributed by atoms with Gasteiger partial charge in [0.25, 0.3) is 0 Å². The summed E-state index contributed by atoms with van der Waals surface area (Å²) in [5.41, 5.74) is 0.739. The number of aromatic nitrogens is 2. The number of aliphatic hydroxyl groups is 1. The Morgan fingerprint density at radius 3 is 2.56 bits per heavy atom. The average molecular weight is 396 g/mol. The molecular formula is C19H16F4N2OS. The lowest BCUT2D eigenvalue weighted by molar-refractivity contribution is -0.137. The van der Waals surface area contributed by atoms with Crippen LogP contribution in [0.4, 0.5) is 17.6 Å². The van der Waals surface area contributed by atoms with E-state index in [-0.39, 0.29) is 24.7 Å². The Morgan fingerprint density at radius 2 is 1.85 bits per heavy atom. The molecule has 3 aromatic rings. The van der Waals surface area contributed by atoms with Crippen molar-refractivity contribution in [2.45, 2.75) is 30.2 Å². The van der Waals surface area contributed by atoms with Gasteiger partial charge >= 0.3 is 6.18 Å². The van der Waals surface area contributed by atoms with Gasteiger partial charge in [-0.05, 0) is 17.7 Å². The Labute approximate surface area is 157 Å². The number of alkyl halides is 3. The Kier molecular flexibility index (Phi) is 5.86. The van der Waals surface area contributed by atoms with Crippen molar-refractivity contribution in [1.29, 1.82) is 0 Å². The van der Waals surface area contributed by atoms with E-state index < -0.39 is 11.7 Å². The highest BCUT2D eigenvalue weighted by molar-refractivity contribution is 7.98. The second-order valence-electron chi connectivity index (χ2n) is 5.85. The van der Waals surface area contributed by atoms with Gasteiger partial charge in [0.15, 0.2) is 5.16 Å². The summed E-state index contributed by atoms with van der Waals surface area (Å²) in [6, 6.07) is 11.4. The molecule has 1 aromatic heterocycles. The van der Waals surface area contributed by atoms with E-state index >= 15 is 0 Å². The smallest absolute Gasteiger partial charge is 0.390 e. The van der Waals surface area contributed by atoms with Crippen molar-refractivity contribution in [3.05, 3.63) is 82.9 Å². The third-order valence-corrected chi connectivity index (χ3v) is 5.03. The van der Waals surface area contributed by atoms with Crippen LogP contribution in [0.25, 0.3) is 0 Å². The fourth-order valence-electron chi connectivity index (χ4n) is 2.58. The maximum absolute atomic E-state index is 13.9. The Balaban J connectivity index is 1.80. The number of rotatable bonds is 6. The van der Waals surface area contributed by atoms with Gasteiger partial charge in [-0.15, -0.1) is 0 Å². The molecule has 1 N–H and O–H groups in total. The van der Waals surface area contributed by atoms with Crippen LogP contribution in [0.5, 0.6) is 0 Å². The summed E-state index contributed by atoms with van der Waals surface area (Å²) < 4.78 is 54.1. The molecule has 27 heavy (non-hydrogen) atoms. The van der Waals surface area contributed by atoms with Crippen LogP contribution < -0.4 is 0 Å². The molecule has 1 heterocycles. The van der Waals surface area contributed by atoms with Crippen LogP contribution in [0.15, 0.2) is 59.9 Å². The molecule has 0 saturated carbocycles. The molecule has 0 aliphatic heterocycles. The summed E-state index contributed by atoms with van der Waals surface area (Å²) in [5, 5.41) is 10.0. The van der Waals surface area contributed by atoms with Crippen LogP contribution in [0.2, 0.25) is 0 Å². The van der Waals surface area contributed by atoms with E-state index in [4.69, 9.17) is 0 Å². The summed E-state index contributed by atoms with van der Waals surface area (Å²) in [7, 11) is 0. The third kappa shape index (κ3) is 4.70. The second kappa shape index (κ2) is 8.14. The van der Waals surface area contributed by atoms with E-state index in [1.165, 1.54) is 30.1 Å². The predicted octanol–water partition coefficient (Wildman–Crippen LogP) is 4.87. The summed E-state index contributed by atoms with van der Waals surface area (Å²) in [4.78, 5) is 4.22. The highest BCUT2D eigenvalue weighted by Crippen LogP contribution is 2.31. The van der Waals surface area contributed by atoms with Gasteiger partial charge in [0.1, 0.15) is 5.82 Å². The van der Waals surface area contributed by atoms with Gasteiger partial charge in [-0.25, -0.2) is 9.37 Å². The first kappa shape index (κ1) is 19.4. The zero-order valence-corrected chi connectivity index (χ0v) is 14.9. The molecule has 0 atom stereocenters. The molecular weight excluding hydrogens is 380 g/mol. The van der Waals surface area contributed by atoms with Crippen LogP contribution in [-0.4, -0.2) is 14.7 Å². The van der Waals surface area contributed by atoms with Crippen molar-refractivity contribution in [2.24, 2.45) is 0 Å². The molecule has 0 fully saturated rings. The molecule has 0 amide bonds. The first-order valence-electron chi connectivity index (χ1n) is 8.06. The number of halogens is 4. The molecule has 3 nitrogen and oxygen atoms in total. The zero-order valence-electron chi connectivity index (χ0n) is 14.1. The molecule has 3 rings (SSSR count). The standard InChI is InChI=1S/C19H16F4N2OS/c20-17-7-2-1-5-14(17)10-25-16(11-26)9-24-18(25)27-12-13-4-3-6-15(8-13)19(21,22)23/h1-9,26H,10-12H2. The normalized spacial score (nSPS) is 11.7. The summed E-state index contributed by atoms with van der Waals surface area (Å²) in [5.74, 6) is -0.104. The van der Waals surface area contributed by atoms with Crippen molar-refractivity contribution in [3.63, 3.8) is 0 Å².